The fourth-order valence-electron chi connectivity index (χ4n) is 2.45. The fourth-order valence-corrected chi connectivity index (χ4v) is 2.45. The number of aryl methyl sites for hydroxylation is 1. The number of benzene rings is 1. The molecule has 0 aliphatic heterocycles. The molecule has 0 radical (unpaired) electrons. The molecular weight excluding hydrogens is 266 g/mol. The molecule has 0 fully saturated rings. The van der Waals surface area contributed by atoms with Gasteiger partial charge in [0.2, 0.25) is 0 Å². The first-order valence-corrected chi connectivity index (χ1v) is 7.03. The predicted molar refractivity (Wildman–Crippen MR) is 81.4 cm³/mol. The number of carbonyl (C=O) groups excluding carboxylic acids is 1. The van der Waals surface area contributed by atoms with Crippen LogP contribution in [-0.2, 0) is 11.2 Å². The Bertz CT molecular complexity index is 651. The second-order valence-electron chi connectivity index (χ2n) is 4.76. The van der Waals surface area contributed by atoms with E-state index in [1.165, 1.54) is 0 Å². The number of nitrogens with zero attached hydrogens (tertiary/aromatic N) is 1. The van der Waals surface area contributed by atoms with E-state index in [-0.39, 0.29) is 17.9 Å². The van der Waals surface area contributed by atoms with Crippen molar-refractivity contribution in [2.75, 3.05) is 6.61 Å². The van der Waals surface area contributed by atoms with E-state index >= 15 is 0 Å². The Hall–Kier alpha value is -2.36. The van der Waals surface area contributed by atoms with Crippen molar-refractivity contribution in [2.24, 2.45) is 0 Å². The van der Waals surface area contributed by atoms with Crippen LogP contribution in [0.3, 0.4) is 0 Å². The van der Waals surface area contributed by atoms with Crippen LogP contribution < -0.4 is 0 Å². The number of hydrogen-bond donors (Lipinski definition) is 1. The van der Waals surface area contributed by atoms with Gasteiger partial charge in [0, 0.05) is 23.5 Å². The van der Waals surface area contributed by atoms with Gasteiger partial charge in [-0.25, -0.2) is 4.79 Å². The maximum absolute atomic E-state index is 12.2. The van der Waals surface area contributed by atoms with Gasteiger partial charge in [-0.05, 0) is 43.5 Å². The van der Waals surface area contributed by atoms with E-state index in [4.69, 9.17) is 4.74 Å². The molecule has 0 aliphatic carbocycles. The standard InChI is InChI=1S/C17H19NO3/c1-4-13-11(3)9-14(12-7-6-8-18-10-12)15(16(13)19)17(20)21-5-2/h6-10,19H,4-5H2,1-3H3. The van der Waals surface area contributed by atoms with Gasteiger partial charge in [0.1, 0.15) is 11.3 Å². The van der Waals surface area contributed by atoms with Crippen molar-refractivity contribution < 1.29 is 14.6 Å². The highest BCUT2D eigenvalue weighted by Crippen LogP contribution is 2.36. The number of rotatable bonds is 4. The van der Waals surface area contributed by atoms with E-state index in [1.54, 1.807) is 25.4 Å². The summed E-state index contributed by atoms with van der Waals surface area (Å²) in [7, 11) is 0. The van der Waals surface area contributed by atoms with Gasteiger partial charge in [-0.15, -0.1) is 0 Å². The first kappa shape index (κ1) is 15.0. The molecule has 2 rings (SSSR count). The molecule has 0 bridgehead atoms. The summed E-state index contributed by atoms with van der Waals surface area (Å²) < 4.78 is 5.09. The lowest BCUT2D eigenvalue weighted by molar-refractivity contribution is 0.0524. The van der Waals surface area contributed by atoms with Crippen molar-refractivity contribution in [3.8, 4) is 16.9 Å². The van der Waals surface area contributed by atoms with Crippen LogP contribution in [0.2, 0.25) is 0 Å². The zero-order valence-electron chi connectivity index (χ0n) is 12.5. The summed E-state index contributed by atoms with van der Waals surface area (Å²) >= 11 is 0. The number of esters is 1. The van der Waals surface area contributed by atoms with Gasteiger partial charge in [-0.1, -0.05) is 13.0 Å². The molecule has 110 valence electrons. The molecule has 1 aromatic carbocycles. The molecule has 0 saturated heterocycles. The summed E-state index contributed by atoms with van der Waals surface area (Å²) in [6.07, 6.45) is 3.99. The van der Waals surface area contributed by atoms with Crippen LogP contribution in [0.4, 0.5) is 0 Å². The number of carbonyl (C=O) groups is 1. The summed E-state index contributed by atoms with van der Waals surface area (Å²) in [5.41, 5.74) is 3.36. The van der Waals surface area contributed by atoms with Crippen molar-refractivity contribution in [2.45, 2.75) is 27.2 Å². The molecule has 4 nitrogen and oxygen atoms in total. The average molecular weight is 285 g/mol. The molecule has 2 aromatic rings. The van der Waals surface area contributed by atoms with Gasteiger partial charge in [-0.3, -0.25) is 4.98 Å². The van der Waals surface area contributed by atoms with Crippen molar-refractivity contribution in [3.63, 3.8) is 0 Å². The zero-order chi connectivity index (χ0) is 15.4. The maximum atomic E-state index is 12.2. The quantitative estimate of drug-likeness (QED) is 0.873. The fraction of sp³-hybridized carbons (Fsp3) is 0.294. The summed E-state index contributed by atoms with van der Waals surface area (Å²) in [4.78, 5) is 16.3. The van der Waals surface area contributed by atoms with Gasteiger partial charge in [0.15, 0.2) is 0 Å². The van der Waals surface area contributed by atoms with E-state index in [0.717, 1.165) is 16.7 Å². The Labute approximate surface area is 124 Å². The highest BCUT2D eigenvalue weighted by Gasteiger charge is 2.22. The third-order valence-electron chi connectivity index (χ3n) is 3.43. The largest absolute Gasteiger partial charge is 0.507 e. The molecule has 0 amide bonds. The Kier molecular flexibility index (Phi) is 4.58. The number of aromatic nitrogens is 1. The van der Waals surface area contributed by atoms with Crippen LogP contribution >= 0.6 is 0 Å². The Balaban J connectivity index is 2.71. The van der Waals surface area contributed by atoms with Crippen molar-refractivity contribution in [1.82, 2.24) is 4.98 Å². The molecule has 1 heterocycles. The number of ether oxygens (including phenoxy) is 1. The Morgan fingerprint density at radius 3 is 2.71 bits per heavy atom. The summed E-state index contributed by atoms with van der Waals surface area (Å²) in [5.74, 6) is -0.502. The lowest BCUT2D eigenvalue weighted by Crippen LogP contribution is -2.09. The van der Waals surface area contributed by atoms with E-state index < -0.39 is 5.97 Å². The highest BCUT2D eigenvalue weighted by atomic mass is 16.5. The van der Waals surface area contributed by atoms with Crippen molar-refractivity contribution >= 4 is 5.97 Å². The molecule has 0 unspecified atom stereocenters. The predicted octanol–water partition coefficient (Wildman–Crippen LogP) is 3.50. The minimum absolute atomic E-state index is 0.00908. The minimum Gasteiger partial charge on any atom is -0.507 e. The van der Waals surface area contributed by atoms with E-state index in [9.17, 15) is 9.90 Å². The van der Waals surface area contributed by atoms with Gasteiger partial charge in [0.25, 0.3) is 0 Å². The first-order chi connectivity index (χ1) is 10.1. The molecule has 21 heavy (non-hydrogen) atoms. The molecule has 0 aliphatic rings. The van der Waals surface area contributed by atoms with Crippen molar-refractivity contribution in [3.05, 3.63) is 47.3 Å². The number of pyridine rings is 1. The minimum atomic E-state index is -0.511. The summed E-state index contributed by atoms with van der Waals surface area (Å²) in [6.45, 7) is 5.88. The lowest BCUT2D eigenvalue weighted by Gasteiger charge is -2.16. The number of phenols is 1. The second kappa shape index (κ2) is 6.39. The highest BCUT2D eigenvalue weighted by molar-refractivity contribution is 6.00. The van der Waals surface area contributed by atoms with Crippen LogP contribution in [0.15, 0.2) is 30.6 Å². The average Bonchev–Trinajstić information content (AvgIpc) is 2.48. The molecule has 1 aromatic heterocycles. The maximum Gasteiger partial charge on any atom is 0.342 e. The van der Waals surface area contributed by atoms with Crippen LogP contribution in [-0.4, -0.2) is 22.7 Å². The topological polar surface area (TPSA) is 59.4 Å². The molecular formula is C17H19NO3. The second-order valence-corrected chi connectivity index (χ2v) is 4.76. The monoisotopic (exact) mass is 285 g/mol. The summed E-state index contributed by atoms with van der Waals surface area (Å²) in [5, 5.41) is 10.5. The van der Waals surface area contributed by atoms with Gasteiger partial charge >= 0.3 is 5.97 Å². The number of hydrogen-bond acceptors (Lipinski definition) is 4. The van der Waals surface area contributed by atoms with Gasteiger partial charge < -0.3 is 9.84 Å². The number of aromatic hydroxyl groups is 1. The van der Waals surface area contributed by atoms with E-state index in [0.29, 0.717) is 12.0 Å². The normalized spacial score (nSPS) is 10.4. The molecule has 4 heteroatoms. The third-order valence-corrected chi connectivity index (χ3v) is 3.43. The SMILES string of the molecule is CCOC(=O)c1c(-c2cccnc2)cc(C)c(CC)c1O. The molecule has 0 spiro atoms. The van der Waals surface area contributed by atoms with Crippen LogP contribution in [0.1, 0.15) is 35.3 Å². The van der Waals surface area contributed by atoms with Gasteiger partial charge in [-0.2, -0.15) is 0 Å². The third kappa shape index (κ3) is 2.89. The Morgan fingerprint density at radius 2 is 2.14 bits per heavy atom. The molecule has 0 atom stereocenters. The van der Waals surface area contributed by atoms with Crippen LogP contribution in [0.5, 0.6) is 5.75 Å². The van der Waals surface area contributed by atoms with E-state index in [1.807, 2.05) is 26.0 Å². The zero-order valence-corrected chi connectivity index (χ0v) is 12.5. The van der Waals surface area contributed by atoms with Crippen LogP contribution in [0.25, 0.3) is 11.1 Å². The lowest BCUT2D eigenvalue weighted by atomic mass is 9.92. The Morgan fingerprint density at radius 1 is 1.38 bits per heavy atom. The number of phenolic OH excluding ortho intramolecular Hbond substituents is 1. The summed E-state index contributed by atoms with van der Waals surface area (Å²) in [6, 6.07) is 5.56. The van der Waals surface area contributed by atoms with E-state index in [2.05, 4.69) is 4.98 Å². The first-order valence-electron chi connectivity index (χ1n) is 7.03. The molecule has 1 N–H and O–H groups in total. The van der Waals surface area contributed by atoms with Crippen molar-refractivity contribution in [1.29, 1.82) is 0 Å². The smallest absolute Gasteiger partial charge is 0.342 e. The van der Waals surface area contributed by atoms with Gasteiger partial charge in [0.05, 0.1) is 6.61 Å². The van der Waals surface area contributed by atoms with Crippen LogP contribution in [0, 0.1) is 6.92 Å². The molecule has 0 saturated carbocycles.